The van der Waals surface area contributed by atoms with Crippen molar-refractivity contribution in [1.29, 1.82) is 0 Å². The molecule has 1 aliphatic carbocycles. The predicted octanol–water partition coefficient (Wildman–Crippen LogP) is 3.84. The van der Waals surface area contributed by atoms with E-state index in [4.69, 9.17) is 0 Å². The largest absolute Gasteiger partial charge is 0.342 e. The van der Waals surface area contributed by atoms with Gasteiger partial charge < -0.3 is 9.80 Å². The number of hydrogen-bond donors (Lipinski definition) is 0. The van der Waals surface area contributed by atoms with Gasteiger partial charge in [0.25, 0.3) is 5.91 Å². The molecule has 174 valence electrons. The quantitative estimate of drug-likeness (QED) is 0.679. The van der Waals surface area contributed by atoms with Gasteiger partial charge in [0.15, 0.2) is 0 Å². The highest BCUT2D eigenvalue weighted by atomic mass is 16.2. The summed E-state index contributed by atoms with van der Waals surface area (Å²) in [7, 11) is 0. The van der Waals surface area contributed by atoms with Crippen LogP contribution < -0.4 is 0 Å². The van der Waals surface area contributed by atoms with E-state index in [-0.39, 0.29) is 5.91 Å². The first kappa shape index (κ1) is 22.1. The topological polar surface area (TPSA) is 43.9 Å². The molecule has 2 heterocycles. The molecule has 5 heteroatoms. The number of rotatable bonds is 6. The highest BCUT2D eigenvalue weighted by Gasteiger charge is 2.34. The number of benzene rings is 2. The third kappa shape index (κ3) is 5.64. The van der Waals surface area contributed by atoms with Crippen LogP contribution in [-0.4, -0.2) is 65.8 Å². The lowest BCUT2D eigenvalue weighted by Gasteiger charge is -2.35. The first-order valence-electron chi connectivity index (χ1n) is 12.6. The van der Waals surface area contributed by atoms with Gasteiger partial charge in [-0.2, -0.15) is 0 Å². The molecule has 3 fully saturated rings. The summed E-state index contributed by atoms with van der Waals surface area (Å²) in [6, 6.07) is 18.8. The van der Waals surface area contributed by atoms with E-state index in [0.717, 1.165) is 83.5 Å². The summed E-state index contributed by atoms with van der Waals surface area (Å²) in [5.41, 5.74) is 3.42. The van der Waals surface area contributed by atoms with Gasteiger partial charge in [-0.05, 0) is 61.3 Å². The van der Waals surface area contributed by atoms with Crippen LogP contribution in [0.3, 0.4) is 0 Å². The zero-order valence-corrected chi connectivity index (χ0v) is 19.5. The first-order valence-corrected chi connectivity index (χ1v) is 12.6. The zero-order valence-electron chi connectivity index (χ0n) is 19.5. The molecule has 1 saturated carbocycles. The van der Waals surface area contributed by atoms with Crippen molar-refractivity contribution in [2.24, 2.45) is 11.8 Å². The average molecular weight is 446 g/mol. The Hall–Kier alpha value is -2.66. The summed E-state index contributed by atoms with van der Waals surface area (Å²) in [4.78, 5) is 31.7. The van der Waals surface area contributed by atoms with E-state index < -0.39 is 0 Å². The molecule has 0 bridgehead atoms. The van der Waals surface area contributed by atoms with Crippen LogP contribution >= 0.6 is 0 Å². The number of amides is 2. The molecule has 33 heavy (non-hydrogen) atoms. The zero-order chi connectivity index (χ0) is 22.6. The average Bonchev–Trinajstić information content (AvgIpc) is 3.71. The molecule has 2 aliphatic heterocycles. The van der Waals surface area contributed by atoms with Crippen molar-refractivity contribution < 1.29 is 9.59 Å². The molecule has 2 aromatic carbocycles. The first-order chi connectivity index (χ1) is 16.2. The summed E-state index contributed by atoms with van der Waals surface area (Å²) in [5, 5.41) is 0. The third-order valence-corrected chi connectivity index (χ3v) is 7.49. The Kier molecular flexibility index (Phi) is 6.77. The second-order valence-corrected chi connectivity index (χ2v) is 10.00. The van der Waals surface area contributed by atoms with E-state index in [1.54, 1.807) is 0 Å². The van der Waals surface area contributed by atoms with Crippen molar-refractivity contribution in [3.63, 3.8) is 0 Å². The van der Waals surface area contributed by atoms with Crippen LogP contribution in [0.2, 0.25) is 0 Å². The Morgan fingerprint density at radius 2 is 1.36 bits per heavy atom. The molecular weight excluding hydrogens is 410 g/mol. The number of hydrogen-bond acceptors (Lipinski definition) is 3. The van der Waals surface area contributed by atoms with Crippen LogP contribution in [0.5, 0.6) is 0 Å². The minimum absolute atomic E-state index is 0.146. The summed E-state index contributed by atoms with van der Waals surface area (Å²) in [6.45, 7) is 6.17. The molecule has 0 atom stereocenters. The van der Waals surface area contributed by atoms with Crippen molar-refractivity contribution in [1.82, 2.24) is 14.7 Å². The van der Waals surface area contributed by atoms with Crippen molar-refractivity contribution in [2.45, 2.75) is 38.6 Å². The van der Waals surface area contributed by atoms with Gasteiger partial charge in [-0.15, -0.1) is 0 Å². The number of carbonyl (C=O) groups excluding carboxylic acids is 2. The van der Waals surface area contributed by atoms with Crippen LogP contribution in [0.15, 0.2) is 54.6 Å². The lowest BCUT2D eigenvalue weighted by atomic mass is 9.89. The molecule has 2 saturated heterocycles. The van der Waals surface area contributed by atoms with Gasteiger partial charge in [0, 0.05) is 57.3 Å². The van der Waals surface area contributed by atoms with Crippen LogP contribution in [0.4, 0.5) is 0 Å². The van der Waals surface area contributed by atoms with Crippen molar-refractivity contribution in [3.8, 4) is 0 Å². The summed E-state index contributed by atoms with van der Waals surface area (Å²) in [5.74, 6) is 1.50. The van der Waals surface area contributed by atoms with Gasteiger partial charge in [-0.3, -0.25) is 14.5 Å². The molecule has 2 amide bonds. The summed E-state index contributed by atoms with van der Waals surface area (Å²) in [6.07, 6.45) is 5.40. The fourth-order valence-electron chi connectivity index (χ4n) is 5.20. The van der Waals surface area contributed by atoms with E-state index in [9.17, 15) is 9.59 Å². The number of likely N-dealkylation sites (tertiary alicyclic amines) is 1. The molecule has 5 rings (SSSR count). The van der Waals surface area contributed by atoms with Gasteiger partial charge >= 0.3 is 0 Å². The number of piperazine rings is 1. The minimum Gasteiger partial charge on any atom is -0.342 e. The molecule has 2 aromatic rings. The SMILES string of the molecule is O=C(c1ccc(CC2CCN(C(=O)C3CC3)CC2)cc1)N1CCN(Cc2ccccc2)CC1. The molecule has 0 aromatic heterocycles. The molecule has 0 radical (unpaired) electrons. The molecule has 0 spiro atoms. The van der Waals surface area contributed by atoms with Crippen LogP contribution in [0.25, 0.3) is 0 Å². The van der Waals surface area contributed by atoms with Crippen LogP contribution in [-0.2, 0) is 17.8 Å². The summed E-state index contributed by atoms with van der Waals surface area (Å²) >= 11 is 0. The molecule has 5 nitrogen and oxygen atoms in total. The van der Waals surface area contributed by atoms with E-state index >= 15 is 0 Å². The number of carbonyl (C=O) groups is 2. The fraction of sp³-hybridized carbons (Fsp3) is 0.500. The van der Waals surface area contributed by atoms with E-state index in [2.05, 4.69) is 46.2 Å². The maximum atomic E-state index is 13.0. The second-order valence-electron chi connectivity index (χ2n) is 10.00. The summed E-state index contributed by atoms with van der Waals surface area (Å²) < 4.78 is 0. The minimum atomic E-state index is 0.146. The Labute approximate surface area is 197 Å². The fourth-order valence-corrected chi connectivity index (χ4v) is 5.20. The van der Waals surface area contributed by atoms with Gasteiger partial charge in [0.05, 0.1) is 0 Å². The van der Waals surface area contributed by atoms with Crippen LogP contribution in [0.1, 0.15) is 47.2 Å². The highest BCUT2D eigenvalue weighted by molar-refractivity contribution is 5.94. The monoisotopic (exact) mass is 445 g/mol. The van der Waals surface area contributed by atoms with Crippen molar-refractivity contribution >= 4 is 11.8 Å². The molecule has 0 unspecified atom stereocenters. The van der Waals surface area contributed by atoms with E-state index in [1.807, 2.05) is 23.1 Å². The standard InChI is InChI=1S/C28H35N3O2/c32-27(26-10-11-26)30-14-12-23(13-15-30)20-22-6-8-25(9-7-22)28(33)31-18-16-29(17-19-31)21-24-4-2-1-3-5-24/h1-9,23,26H,10-21H2. The highest BCUT2D eigenvalue weighted by Crippen LogP contribution is 2.33. The van der Waals surface area contributed by atoms with Gasteiger partial charge in [0.1, 0.15) is 0 Å². The van der Waals surface area contributed by atoms with E-state index in [1.165, 1.54) is 11.1 Å². The molecule has 0 N–H and O–H groups in total. The van der Waals surface area contributed by atoms with Gasteiger partial charge in [-0.1, -0.05) is 42.5 Å². The lowest BCUT2D eigenvalue weighted by molar-refractivity contribution is -0.133. The smallest absolute Gasteiger partial charge is 0.253 e. The van der Waals surface area contributed by atoms with Gasteiger partial charge in [-0.25, -0.2) is 0 Å². The number of piperidine rings is 1. The Morgan fingerprint density at radius 1 is 0.697 bits per heavy atom. The maximum absolute atomic E-state index is 13.0. The van der Waals surface area contributed by atoms with Crippen molar-refractivity contribution in [3.05, 3.63) is 71.3 Å². The third-order valence-electron chi connectivity index (χ3n) is 7.49. The second kappa shape index (κ2) is 10.1. The Morgan fingerprint density at radius 3 is 2.00 bits per heavy atom. The Balaban J connectivity index is 1.07. The van der Waals surface area contributed by atoms with Crippen molar-refractivity contribution in [2.75, 3.05) is 39.3 Å². The molecular formula is C28H35N3O2. The van der Waals surface area contributed by atoms with Gasteiger partial charge in [0.2, 0.25) is 5.91 Å². The number of nitrogens with zero attached hydrogens (tertiary/aromatic N) is 3. The van der Waals surface area contributed by atoms with Crippen LogP contribution in [0, 0.1) is 11.8 Å². The Bertz CT molecular complexity index is 939. The maximum Gasteiger partial charge on any atom is 0.253 e. The normalized spacial score (nSPS) is 20.1. The lowest BCUT2D eigenvalue weighted by Crippen LogP contribution is -2.48. The van der Waals surface area contributed by atoms with E-state index in [0.29, 0.717) is 17.7 Å². The molecule has 3 aliphatic rings. The predicted molar refractivity (Wildman–Crippen MR) is 130 cm³/mol.